The first kappa shape index (κ1) is 15.9. The van der Waals surface area contributed by atoms with Crippen molar-refractivity contribution in [2.24, 2.45) is 0 Å². The lowest BCUT2D eigenvalue weighted by molar-refractivity contribution is 0.588. The van der Waals surface area contributed by atoms with E-state index in [1.165, 1.54) is 25.2 Å². The molecule has 0 aliphatic rings. The van der Waals surface area contributed by atoms with Crippen LogP contribution in [0.1, 0.15) is 0 Å². The van der Waals surface area contributed by atoms with Gasteiger partial charge in [-0.1, -0.05) is 23.2 Å². The fraction of sp³-hybridized carbons (Fsp3) is 0.0769. The van der Waals surface area contributed by atoms with Crippen molar-refractivity contribution in [3.63, 3.8) is 0 Å². The highest BCUT2D eigenvalue weighted by Crippen LogP contribution is 2.31. The van der Waals surface area contributed by atoms with Gasteiger partial charge in [-0.15, -0.1) is 0 Å². The highest BCUT2D eigenvalue weighted by Gasteiger charge is 2.14. The van der Waals surface area contributed by atoms with Crippen LogP contribution in [-0.2, 0) is 10.0 Å². The highest BCUT2D eigenvalue weighted by molar-refractivity contribution is 7.89. The van der Waals surface area contributed by atoms with Crippen LogP contribution in [0.25, 0.3) is 0 Å². The molecule has 0 saturated heterocycles. The molecule has 8 heteroatoms. The number of nitrogen functional groups attached to an aromatic ring is 1. The standard InChI is InChI=1S/C13H13Cl2N3O2S/c1-17-21(19,20)9-3-4-11(16)13(7-9)18-12-5-2-8(14)6-10(12)15/h2-7,17-18H,16H2,1H3. The maximum Gasteiger partial charge on any atom is 0.240 e. The highest BCUT2D eigenvalue weighted by atomic mass is 35.5. The average molecular weight is 346 g/mol. The van der Waals surface area contributed by atoms with Gasteiger partial charge in [-0.2, -0.15) is 0 Å². The fourth-order valence-corrected chi connectivity index (χ4v) is 2.88. The smallest absolute Gasteiger partial charge is 0.240 e. The summed E-state index contributed by atoms with van der Waals surface area (Å²) in [6.45, 7) is 0. The Labute approximate surface area is 133 Å². The van der Waals surface area contributed by atoms with Gasteiger partial charge in [-0.25, -0.2) is 13.1 Å². The molecular formula is C13H13Cl2N3O2S. The Bertz CT molecular complexity index is 779. The predicted molar refractivity (Wildman–Crippen MR) is 86.8 cm³/mol. The molecule has 0 fully saturated rings. The van der Waals surface area contributed by atoms with Gasteiger partial charge in [0.05, 0.1) is 27.0 Å². The van der Waals surface area contributed by atoms with Crippen molar-refractivity contribution in [3.05, 3.63) is 46.4 Å². The first-order valence-electron chi connectivity index (χ1n) is 5.88. The van der Waals surface area contributed by atoms with Gasteiger partial charge in [0.15, 0.2) is 0 Å². The summed E-state index contributed by atoms with van der Waals surface area (Å²) in [5.74, 6) is 0. The van der Waals surface area contributed by atoms with Gasteiger partial charge in [0.2, 0.25) is 10.0 Å². The van der Waals surface area contributed by atoms with Crippen LogP contribution in [0.3, 0.4) is 0 Å². The zero-order valence-electron chi connectivity index (χ0n) is 11.0. The minimum Gasteiger partial charge on any atom is -0.397 e. The number of hydrogen-bond donors (Lipinski definition) is 3. The van der Waals surface area contributed by atoms with Crippen molar-refractivity contribution in [1.29, 1.82) is 0 Å². The molecule has 0 unspecified atom stereocenters. The summed E-state index contributed by atoms with van der Waals surface area (Å²) in [5.41, 5.74) is 7.27. The maximum absolute atomic E-state index is 11.8. The summed E-state index contributed by atoms with van der Waals surface area (Å²) in [6, 6.07) is 9.30. The lowest BCUT2D eigenvalue weighted by atomic mass is 10.2. The van der Waals surface area contributed by atoms with Crippen LogP contribution in [0.2, 0.25) is 10.0 Å². The van der Waals surface area contributed by atoms with Crippen LogP contribution in [-0.4, -0.2) is 15.5 Å². The Morgan fingerprint density at radius 2 is 1.76 bits per heavy atom. The van der Waals surface area contributed by atoms with Gasteiger partial charge in [0.25, 0.3) is 0 Å². The lowest BCUT2D eigenvalue weighted by Crippen LogP contribution is -2.18. The Hall–Kier alpha value is -1.47. The van der Waals surface area contributed by atoms with Crippen LogP contribution in [0.4, 0.5) is 17.1 Å². The van der Waals surface area contributed by atoms with Crippen LogP contribution in [0.5, 0.6) is 0 Å². The minimum atomic E-state index is -3.55. The largest absolute Gasteiger partial charge is 0.397 e. The quantitative estimate of drug-likeness (QED) is 0.742. The van der Waals surface area contributed by atoms with Crippen LogP contribution in [0, 0.1) is 0 Å². The van der Waals surface area contributed by atoms with E-state index in [-0.39, 0.29) is 4.90 Å². The molecule has 0 saturated carbocycles. The molecule has 0 heterocycles. The zero-order chi connectivity index (χ0) is 15.6. The molecule has 0 aliphatic carbocycles. The Morgan fingerprint density at radius 1 is 1.05 bits per heavy atom. The summed E-state index contributed by atoms with van der Waals surface area (Å²) >= 11 is 11.9. The topological polar surface area (TPSA) is 84.2 Å². The molecule has 21 heavy (non-hydrogen) atoms. The number of anilines is 3. The van der Waals surface area contributed by atoms with Crippen molar-refractivity contribution < 1.29 is 8.42 Å². The number of nitrogens with one attached hydrogen (secondary N) is 2. The molecule has 4 N–H and O–H groups in total. The average Bonchev–Trinajstić information content (AvgIpc) is 2.43. The van der Waals surface area contributed by atoms with E-state index < -0.39 is 10.0 Å². The van der Waals surface area contributed by atoms with Crippen molar-refractivity contribution in [3.8, 4) is 0 Å². The molecular weight excluding hydrogens is 333 g/mol. The Balaban J connectivity index is 2.42. The second-order valence-electron chi connectivity index (χ2n) is 4.21. The molecule has 0 bridgehead atoms. The number of hydrogen-bond acceptors (Lipinski definition) is 4. The van der Waals surface area contributed by atoms with Crippen molar-refractivity contribution in [2.45, 2.75) is 4.90 Å². The number of sulfonamides is 1. The normalized spacial score (nSPS) is 11.4. The van der Waals surface area contributed by atoms with E-state index in [9.17, 15) is 8.42 Å². The monoisotopic (exact) mass is 345 g/mol. The third-order valence-corrected chi connectivity index (χ3v) is 4.76. The predicted octanol–water partition coefficient (Wildman–Crippen LogP) is 3.23. The summed E-state index contributed by atoms with van der Waals surface area (Å²) < 4.78 is 25.9. The Morgan fingerprint density at radius 3 is 2.38 bits per heavy atom. The van der Waals surface area contributed by atoms with Gasteiger partial charge in [0.1, 0.15) is 0 Å². The minimum absolute atomic E-state index is 0.104. The van der Waals surface area contributed by atoms with E-state index in [0.29, 0.717) is 27.1 Å². The van der Waals surface area contributed by atoms with Gasteiger partial charge in [0, 0.05) is 5.02 Å². The van der Waals surface area contributed by atoms with E-state index in [1.807, 2.05) is 0 Å². The van der Waals surface area contributed by atoms with E-state index in [0.717, 1.165) is 0 Å². The summed E-state index contributed by atoms with van der Waals surface area (Å²) in [5, 5.41) is 3.91. The van der Waals surface area contributed by atoms with Gasteiger partial charge in [-0.05, 0) is 43.4 Å². The summed E-state index contributed by atoms with van der Waals surface area (Å²) in [4.78, 5) is 0.104. The number of rotatable bonds is 4. The first-order chi connectivity index (χ1) is 9.83. The van der Waals surface area contributed by atoms with Crippen LogP contribution >= 0.6 is 23.2 Å². The lowest BCUT2D eigenvalue weighted by Gasteiger charge is -2.13. The number of nitrogens with two attached hydrogens (primary N) is 1. The van der Waals surface area contributed by atoms with Gasteiger partial charge >= 0.3 is 0 Å². The van der Waals surface area contributed by atoms with Gasteiger partial charge < -0.3 is 11.1 Å². The zero-order valence-corrected chi connectivity index (χ0v) is 13.4. The van der Waals surface area contributed by atoms with E-state index >= 15 is 0 Å². The Kier molecular flexibility index (Phi) is 4.63. The third-order valence-electron chi connectivity index (χ3n) is 2.80. The number of halogens is 2. The molecule has 2 aromatic rings. The molecule has 0 radical (unpaired) electrons. The summed E-state index contributed by atoms with van der Waals surface area (Å²) in [7, 11) is -2.20. The van der Waals surface area contributed by atoms with Crippen LogP contribution < -0.4 is 15.8 Å². The van der Waals surface area contributed by atoms with Crippen molar-refractivity contribution in [2.75, 3.05) is 18.1 Å². The molecule has 0 aromatic heterocycles. The van der Waals surface area contributed by atoms with Crippen molar-refractivity contribution >= 4 is 50.3 Å². The second-order valence-corrected chi connectivity index (χ2v) is 6.94. The molecule has 0 amide bonds. The maximum atomic E-state index is 11.8. The SMILES string of the molecule is CNS(=O)(=O)c1ccc(N)c(Nc2ccc(Cl)cc2Cl)c1. The van der Waals surface area contributed by atoms with E-state index in [2.05, 4.69) is 10.0 Å². The van der Waals surface area contributed by atoms with E-state index in [1.54, 1.807) is 18.2 Å². The first-order valence-corrected chi connectivity index (χ1v) is 8.12. The van der Waals surface area contributed by atoms with E-state index in [4.69, 9.17) is 28.9 Å². The second kappa shape index (κ2) is 6.11. The summed E-state index contributed by atoms with van der Waals surface area (Å²) in [6.07, 6.45) is 0. The fourth-order valence-electron chi connectivity index (χ4n) is 1.66. The molecule has 2 aromatic carbocycles. The number of benzene rings is 2. The molecule has 0 aliphatic heterocycles. The molecule has 0 spiro atoms. The molecule has 2 rings (SSSR count). The molecule has 0 atom stereocenters. The third kappa shape index (κ3) is 3.59. The molecule has 5 nitrogen and oxygen atoms in total. The van der Waals surface area contributed by atoms with Crippen LogP contribution in [0.15, 0.2) is 41.3 Å². The van der Waals surface area contributed by atoms with Crippen molar-refractivity contribution in [1.82, 2.24) is 4.72 Å². The van der Waals surface area contributed by atoms with Gasteiger partial charge in [-0.3, -0.25) is 0 Å². The molecule has 112 valence electrons.